The third kappa shape index (κ3) is 3.35. The highest BCUT2D eigenvalue weighted by molar-refractivity contribution is 6.31. The zero-order valence-electron chi connectivity index (χ0n) is 13.4. The Labute approximate surface area is 148 Å². The first-order valence-electron chi connectivity index (χ1n) is 7.71. The van der Waals surface area contributed by atoms with Gasteiger partial charge in [-0.25, -0.2) is 8.78 Å². The summed E-state index contributed by atoms with van der Waals surface area (Å²) in [5.41, 5.74) is 0.802. The molecule has 0 spiro atoms. The van der Waals surface area contributed by atoms with Crippen LogP contribution in [0.25, 0.3) is 0 Å². The molecule has 1 aliphatic rings. The van der Waals surface area contributed by atoms with Crippen LogP contribution in [0.15, 0.2) is 42.5 Å². The monoisotopic (exact) mass is 364 g/mol. The third-order valence-electron chi connectivity index (χ3n) is 4.22. The molecule has 0 aromatic heterocycles. The number of rotatable bonds is 2. The van der Waals surface area contributed by atoms with E-state index in [2.05, 4.69) is 0 Å². The number of piperazine rings is 1. The van der Waals surface area contributed by atoms with E-state index in [-0.39, 0.29) is 23.4 Å². The summed E-state index contributed by atoms with van der Waals surface area (Å²) in [6.45, 7) is 2.19. The lowest BCUT2D eigenvalue weighted by Gasteiger charge is -2.39. The maximum Gasteiger partial charge on any atom is 0.254 e. The summed E-state index contributed by atoms with van der Waals surface area (Å²) in [7, 11) is 0. The van der Waals surface area contributed by atoms with Gasteiger partial charge in [0.1, 0.15) is 17.7 Å². The van der Waals surface area contributed by atoms with Crippen LogP contribution in [0.2, 0.25) is 5.02 Å². The highest BCUT2D eigenvalue weighted by Crippen LogP contribution is 2.26. The van der Waals surface area contributed by atoms with Crippen molar-refractivity contribution in [2.45, 2.75) is 13.0 Å². The van der Waals surface area contributed by atoms with E-state index in [0.717, 1.165) is 0 Å². The topological polar surface area (TPSA) is 40.6 Å². The highest BCUT2D eigenvalue weighted by Gasteiger charge is 2.35. The van der Waals surface area contributed by atoms with Crippen LogP contribution in [-0.4, -0.2) is 35.8 Å². The predicted octanol–water partition coefficient (Wildman–Crippen LogP) is 3.50. The lowest BCUT2D eigenvalue weighted by atomic mass is 10.1. The summed E-state index contributed by atoms with van der Waals surface area (Å²) in [6.07, 6.45) is 0. The van der Waals surface area contributed by atoms with Crippen molar-refractivity contribution >= 4 is 29.1 Å². The van der Waals surface area contributed by atoms with Crippen molar-refractivity contribution in [3.63, 3.8) is 0 Å². The second-order valence-corrected chi connectivity index (χ2v) is 6.18. The normalized spacial score (nSPS) is 17.8. The van der Waals surface area contributed by atoms with Crippen molar-refractivity contribution in [1.82, 2.24) is 4.90 Å². The molecule has 0 aliphatic carbocycles. The molecule has 1 saturated heterocycles. The molecule has 1 fully saturated rings. The van der Waals surface area contributed by atoms with E-state index in [9.17, 15) is 18.4 Å². The van der Waals surface area contributed by atoms with Gasteiger partial charge in [-0.15, -0.1) is 0 Å². The second kappa shape index (κ2) is 6.80. The van der Waals surface area contributed by atoms with Crippen LogP contribution in [0.1, 0.15) is 17.3 Å². The van der Waals surface area contributed by atoms with E-state index >= 15 is 0 Å². The maximum absolute atomic E-state index is 13.3. The Hall–Kier alpha value is -2.47. The largest absolute Gasteiger partial charge is 0.325 e. The highest BCUT2D eigenvalue weighted by atomic mass is 35.5. The van der Waals surface area contributed by atoms with E-state index < -0.39 is 17.7 Å². The average Bonchev–Trinajstić information content (AvgIpc) is 2.60. The lowest BCUT2D eigenvalue weighted by Crippen LogP contribution is -2.57. The number of amides is 2. The zero-order valence-corrected chi connectivity index (χ0v) is 14.1. The van der Waals surface area contributed by atoms with Crippen LogP contribution in [0.5, 0.6) is 0 Å². The molecule has 3 rings (SSSR count). The number of halogens is 3. The summed E-state index contributed by atoms with van der Waals surface area (Å²) < 4.78 is 26.3. The molecule has 0 N–H and O–H groups in total. The van der Waals surface area contributed by atoms with Gasteiger partial charge in [-0.1, -0.05) is 11.6 Å². The van der Waals surface area contributed by atoms with Gasteiger partial charge in [0.05, 0.1) is 5.02 Å². The molecule has 2 aromatic rings. The Morgan fingerprint density at radius 3 is 2.44 bits per heavy atom. The van der Waals surface area contributed by atoms with Gasteiger partial charge >= 0.3 is 0 Å². The number of benzene rings is 2. The molecule has 1 atom stereocenters. The summed E-state index contributed by atoms with van der Waals surface area (Å²) >= 11 is 5.78. The first-order valence-corrected chi connectivity index (χ1v) is 8.09. The standard InChI is InChI=1S/C18H15ClF2N2O2/c1-11-17(24)23(14-6-7-16(21)15(19)10-14)9-8-22(11)18(25)12-2-4-13(20)5-3-12/h2-7,10-11H,8-9H2,1H3/t11-/m1/s1. The number of hydrogen-bond donors (Lipinski definition) is 0. The smallest absolute Gasteiger partial charge is 0.254 e. The first kappa shape index (κ1) is 17.4. The Morgan fingerprint density at radius 1 is 1.12 bits per heavy atom. The number of anilines is 1. The molecule has 4 nitrogen and oxygen atoms in total. The van der Waals surface area contributed by atoms with Crippen LogP contribution < -0.4 is 4.90 Å². The Kier molecular flexibility index (Phi) is 4.72. The zero-order chi connectivity index (χ0) is 18.1. The predicted molar refractivity (Wildman–Crippen MR) is 90.7 cm³/mol. The minimum Gasteiger partial charge on any atom is -0.325 e. The minimum absolute atomic E-state index is 0.0669. The van der Waals surface area contributed by atoms with Crippen LogP contribution in [0.3, 0.4) is 0 Å². The summed E-state index contributed by atoms with van der Waals surface area (Å²) in [6, 6.07) is 8.55. The molecule has 1 heterocycles. The number of hydrogen-bond acceptors (Lipinski definition) is 2. The van der Waals surface area contributed by atoms with Gasteiger partial charge < -0.3 is 9.80 Å². The van der Waals surface area contributed by atoms with Gasteiger partial charge in [0, 0.05) is 24.3 Å². The van der Waals surface area contributed by atoms with Gasteiger partial charge in [0.25, 0.3) is 5.91 Å². The molecule has 25 heavy (non-hydrogen) atoms. The number of nitrogens with zero attached hydrogens (tertiary/aromatic N) is 2. The molecule has 2 aromatic carbocycles. The van der Waals surface area contributed by atoms with E-state index in [1.807, 2.05) is 0 Å². The Balaban J connectivity index is 1.80. The van der Waals surface area contributed by atoms with Crippen molar-refractivity contribution in [2.75, 3.05) is 18.0 Å². The van der Waals surface area contributed by atoms with Gasteiger partial charge in [0.2, 0.25) is 5.91 Å². The van der Waals surface area contributed by atoms with E-state index in [0.29, 0.717) is 17.8 Å². The fourth-order valence-electron chi connectivity index (χ4n) is 2.82. The van der Waals surface area contributed by atoms with Crippen LogP contribution in [0, 0.1) is 11.6 Å². The fraction of sp³-hybridized carbons (Fsp3) is 0.222. The van der Waals surface area contributed by atoms with Crippen molar-refractivity contribution in [2.24, 2.45) is 0 Å². The average molecular weight is 365 g/mol. The van der Waals surface area contributed by atoms with E-state index in [1.165, 1.54) is 52.3 Å². The Morgan fingerprint density at radius 2 is 1.80 bits per heavy atom. The van der Waals surface area contributed by atoms with Crippen molar-refractivity contribution < 1.29 is 18.4 Å². The summed E-state index contributed by atoms with van der Waals surface area (Å²) in [5.74, 6) is -1.61. The van der Waals surface area contributed by atoms with Crippen LogP contribution in [0.4, 0.5) is 14.5 Å². The SMILES string of the molecule is C[C@@H]1C(=O)N(c2ccc(F)c(Cl)c2)CCN1C(=O)c1ccc(F)cc1. The minimum atomic E-state index is -0.699. The van der Waals surface area contributed by atoms with Crippen molar-refractivity contribution in [1.29, 1.82) is 0 Å². The second-order valence-electron chi connectivity index (χ2n) is 5.77. The molecular weight excluding hydrogens is 350 g/mol. The van der Waals surface area contributed by atoms with Crippen LogP contribution in [-0.2, 0) is 4.79 Å². The van der Waals surface area contributed by atoms with Gasteiger partial charge in [-0.3, -0.25) is 9.59 Å². The molecule has 0 saturated carbocycles. The molecule has 130 valence electrons. The fourth-order valence-corrected chi connectivity index (χ4v) is 2.99. The number of carbonyl (C=O) groups excluding carboxylic acids is 2. The maximum atomic E-state index is 13.3. The molecule has 0 unspecified atom stereocenters. The molecule has 7 heteroatoms. The van der Waals surface area contributed by atoms with Gasteiger partial charge in [-0.05, 0) is 49.4 Å². The quantitative estimate of drug-likeness (QED) is 0.818. The van der Waals surface area contributed by atoms with Crippen molar-refractivity contribution in [3.8, 4) is 0 Å². The molecule has 0 bridgehead atoms. The Bertz CT molecular complexity index is 826. The van der Waals surface area contributed by atoms with Crippen LogP contribution >= 0.6 is 11.6 Å². The van der Waals surface area contributed by atoms with Gasteiger partial charge in [0.15, 0.2) is 0 Å². The summed E-state index contributed by atoms with van der Waals surface area (Å²) in [5, 5.41) is -0.0669. The van der Waals surface area contributed by atoms with Crippen molar-refractivity contribution in [3.05, 3.63) is 64.7 Å². The van der Waals surface area contributed by atoms with E-state index in [1.54, 1.807) is 6.92 Å². The lowest BCUT2D eigenvalue weighted by molar-refractivity contribution is -0.124. The first-order chi connectivity index (χ1) is 11.9. The molecule has 1 aliphatic heterocycles. The molecule has 0 radical (unpaired) electrons. The number of carbonyl (C=O) groups is 2. The molecule has 2 amide bonds. The molecular formula is C18H15ClF2N2O2. The van der Waals surface area contributed by atoms with Gasteiger partial charge in [-0.2, -0.15) is 0 Å². The summed E-state index contributed by atoms with van der Waals surface area (Å²) in [4.78, 5) is 28.1. The van der Waals surface area contributed by atoms with E-state index in [4.69, 9.17) is 11.6 Å². The third-order valence-corrected chi connectivity index (χ3v) is 4.51.